The molecule has 0 radical (unpaired) electrons. The van der Waals surface area contributed by atoms with Crippen LogP contribution < -0.4 is 10.1 Å². The van der Waals surface area contributed by atoms with E-state index in [1.165, 1.54) is 4.90 Å². The highest BCUT2D eigenvalue weighted by atomic mass is 16.5. The highest BCUT2D eigenvalue weighted by Gasteiger charge is 2.29. The summed E-state index contributed by atoms with van der Waals surface area (Å²) >= 11 is 0. The fraction of sp³-hybridized carbons (Fsp3) is 0.600. The van der Waals surface area contributed by atoms with Crippen LogP contribution in [0.3, 0.4) is 0 Å². The molecule has 2 aliphatic rings. The van der Waals surface area contributed by atoms with Crippen LogP contribution in [0.4, 0.5) is 5.69 Å². The number of piperidine rings is 1. The predicted molar refractivity (Wildman–Crippen MR) is 103 cm³/mol. The number of anilines is 1. The molecule has 2 saturated heterocycles. The van der Waals surface area contributed by atoms with Crippen molar-refractivity contribution in [2.75, 3.05) is 38.6 Å². The van der Waals surface area contributed by atoms with Crippen LogP contribution in [0, 0.1) is 0 Å². The molecular weight excluding hydrogens is 346 g/mol. The lowest BCUT2D eigenvalue weighted by molar-refractivity contribution is -0.145. The lowest BCUT2D eigenvalue weighted by Gasteiger charge is -2.34. The second-order valence-electron chi connectivity index (χ2n) is 7.30. The average Bonchev–Trinajstić information content (AvgIpc) is 2.84. The van der Waals surface area contributed by atoms with Crippen LogP contribution in [-0.4, -0.2) is 72.2 Å². The minimum Gasteiger partial charge on any atom is -0.497 e. The number of methoxy groups -OCH3 is 1. The first-order chi connectivity index (χ1) is 13.1. The molecule has 0 spiro atoms. The zero-order valence-corrected chi connectivity index (χ0v) is 15.9. The Morgan fingerprint density at radius 2 is 2.00 bits per heavy atom. The standard InChI is InChI=1S/C20H29N3O4/c1-27-17-6-4-5-16(13-17)21-15-8-11-22(12-9-15)19(25)14-23-10-3-2-7-18(24)20(23)26/h4-6,13,15,18,21,24H,2-3,7-12,14H2,1H3. The topological polar surface area (TPSA) is 82.1 Å². The first-order valence-electron chi connectivity index (χ1n) is 9.72. The smallest absolute Gasteiger partial charge is 0.251 e. The zero-order valence-electron chi connectivity index (χ0n) is 15.9. The second kappa shape index (κ2) is 9.08. The van der Waals surface area contributed by atoms with Crippen molar-refractivity contribution < 1.29 is 19.4 Å². The quantitative estimate of drug-likeness (QED) is 0.815. The Kier molecular flexibility index (Phi) is 6.55. The van der Waals surface area contributed by atoms with E-state index in [1.807, 2.05) is 29.2 Å². The number of carbonyl (C=O) groups is 2. The van der Waals surface area contributed by atoms with Crippen molar-refractivity contribution in [2.24, 2.45) is 0 Å². The number of nitrogens with one attached hydrogen (secondary N) is 1. The molecule has 1 aromatic carbocycles. The predicted octanol–water partition coefficient (Wildman–Crippen LogP) is 1.47. The average molecular weight is 375 g/mol. The van der Waals surface area contributed by atoms with Crippen molar-refractivity contribution in [3.8, 4) is 5.75 Å². The summed E-state index contributed by atoms with van der Waals surface area (Å²) in [5, 5.41) is 13.3. The van der Waals surface area contributed by atoms with Gasteiger partial charge in [0.05, 0.1) is 13.7 Å². The molecule has 1 aromatic rings. The summed E-state index contributed by atoms with van der Waals surface area (Å²) < 4.78 is 5.25. The number of ether oxygens (including phenoxy) is 1. The number of carbonyl (C=O) groups excluding carboxylic acids is 2. The molecule has 148 valence electrons. The Morgan fingerprint density at radius 1 is 1.22 bits per heavy atom. The number of aliphatic hydroxyl groups is 1. The van der Waals surface area contributed by atoms with Crippen LogP contribution in [0.5, 0.6) is 5.75 Å². The van der Waals surface area contributed by atoms with Crippen molar-refractivity contribution in [2.45, 2.75) is 44.2 Å². The van der Waals surface area contributed by atoms with Crippen molar-refractivity contribution in [1.82, 2.24) is 9.80 Å². The van der Waals surface area contributed by atoms with E-state index in [0.717, 1.165) is 37.1 Å². The summed E-state index contributed by atoms with van der Waals surface area (Å²) in [5.74, 6) is 0.477. The molecule has 2 N–H and O–H groups in total. The summed E-state index contributed by atoms with van der Waals surface area (Å²) in [6.45, 7) is 1.97. The number of likely N-dealkylation sites (tertiary alicyclic amines) is 2. The van der Waals surface area contributed by atoms with Gasteiger partial charge in [0, 0.05) is 37.4 Å². The largest absolute Gasteiger partial charge is 0.497 e. The number of benzene rings is 1. The zero-order chi connectivity index (χ0) is 19.2. The molecule has 0 aromatic heterocycles. The van der Waals surface area contributed by atoms with Gasteiger partial charge in [-0.25, -0.2) is 0 Å². The van der Waals surface area contributed by atoms with E-state index in [2.05, 4.69) is 5.32 Å². The third kappa shape index (κ3) is 5.13. The molecule has 3 rings (SSSR count). The van der Waals surface area contributed by atoms with Crippen LogP contribution >= 0.6 is 0 Å². The maximum Gasteiger partial charge on any atom is 0.251 e. The molecule has 0 saturated carbocycles. The minimum atomic E-state index is -0.960. The maximum atomic E-state index is 12.6. The van der Waals surface area contributed by atoms with Gasteiger partial charge in [-0.05, 0) is 44.2 Å². The van der Waals surface area contributed by atoms with Crippen molar-refractivity contribution in [3.63, 3.8) is 0 Å². The molecule has 2 heterocycles. The van der Waals surface area contributed by atoms with Crippen LogP contribution in [0.15, 0.2) is 24.3 Å². The van der Waals surface area contributed by atoms with Gasteiger partial charge in [0.15, 0.2) is 0 Å². The highest BCUT2D eigenvalue weighted by molar-refractivity contribution is 5.87. The lowest BCUT2D eigenvalue weighted by Crippen LogP contribution is -2.49. The maximum absolute atomic E-state index is 12.6. The SMILES string of the molecule is COc1cccc(NC2CCN(C(=O)CN3CCCCC(O)C3=O)CC2)c1. The Bertz CT molecular complexity index is 658. The molecular formula is C20H29N3O4. The van der Waals surface area contributed by atoms with Crippen LogP contribution in [0.1, 0.15) is 32.1 Å². The Morgan fingerprint density at radius 3 is 2.74 bits per heavy atom. The fourth-order valence-corrected chi connectivity index (χ4v) is 3.73. The van der Waals surface area contributed by atoms with Gasteiger partial charge >= 0.3 is 0 Å². The molecule has 0 bridgehead atoms. The van der Waals surface area contributed by atoms with Crippen LogP contribution in [0.25, 0.3) is 0 Å². The molecule has 7 heteroatoms. The summed E-state index contributed by atoms with van der Waals surface area (Å²) in [4.78, 5) is 28.1. The third-order valence-corrected chi connectivity index (χ3v) is 5.37. The van der Waals surface area contributed by atoms with Gasteiger partial charge in [0.2, 0.25) is 5.91 Å². The molecule has 2 amide bonds. The number of amides is 2. The van der Waals surface area contributed by atoms with Crippen LogP contribution in [0.2, 0.25) is 0 Å². The third-order valence-electron chi connectivity index (χ3n) is 5.37. The molecule has 1 unspecified atom stereocenters. The van der Waals surface area contributed by atoms with Crippen LogP contribution in [-0.2, 0) is 9.59 Å². The van der Waals surface area contributed by atoms with Gasteiger partial charge in [-0.15, -0.1) is 0 Å². The van der Waals surface area contributed by atoms with Gasteiger partial charge in [0.1, 0.15) is 11.9 Å². The summed E-state index contributed by atoms with van der Waals surface area (Å²) in [5.41, 5.74) is 1.02. The normalized spacial score (nSPS) is 21.7. The highest BCUT2D eigenvalue weighted by Crippen LogP contribution is 2.21. The second-order valence-corrected chi connectivity index (χ2v) is 7.30. The first-order valence-corrected chi connectivity index (χ1v) is 9.72. The number of hydrogen-bond acceptors (Lipinski definition) is 5. The molecule has 2 aliphatic heterocycles. The van der Waals surface area contributed by atoms with Gasteiger partial charge in [0.25, 0.3) is 5.91 Å². The lowest BCUT2D eigenvalue weighted by atomic mass is 10.0. The molecule has 0 aliphatic carbocycles. The van der Waals surface area contributed by atoms with E-state index >= 15 is 0 Å². The number of nitrogens with zero attached hydrogens (tertiary/aromatic N) is 2. The fourth-order valence-electron chi connectivity index (χ4n) is 3.73. The monoisotopic (exact) mass is 375 g/mol. The summed E-state index contributed by atoms with van der Waals surface area (Å²) in [7, 11) is 1.65. The van der Waals surface area contributed by atoms with Gasteiger partial charge < -0.3 is 25.0 Å². The number of hydrogen-bond donors (Lipinski definition) is 2. The molecule has 2 fully saturated rings. The summed E-state index contributed by atoms with van der Waals surface area (Å²) in [6.07, 6.45) is 2.91. The molecule has 7 nitrogen and oxygen atoms in total. The van der Waals surface area contributed by atoms with Crippen molar-refractivity contribution >= 4 is 17.5 Å². The van der Waals surface area contributed by atoms with E-state index in [9.17, 15) is 14.7 Å². The van der Waals surface area contributed by atoms with Gasteiger partial charge in [-0.1, -0.05) is 6.07 Å². The minimum absolute atomic E-state index is 0.0303. The van der Waals surface area contributed by atoms with E-state index in [4.69, 9.17) is 4.74 Å². The van der Waals surface area contributed by atoms with Gasteiger partial charge in [-0.2, -0.15) is 0 Å². The first kappa shape index (κ1) is 19.5. The van der Waals surface area contributed by atoms with Crippen molar-refractivity contribution in [1.29, 1.82) is 0 Å². The van der Waals surface area contributed by atoms with Crippen molar-refractivity contribution in [3.05, 3.63) is 24.3 Å². The van der Waals surface area contributed by atoms with E-state index in [0.29, 0.717) is 32.1 Å². The van der Waals surface area contributed by atoms with E-state index in [-0.39, 0.29) is 18.4 Å². The Labute approximate surface area is 160 Å². The summed E-state index contributed by atoms with van der Waals surface area (Å²) in [6, 6.07) is 8.15. The molecule has 27 heavy (non-hydrogen) atoms. The Balaban J connectivity index is 1.48. The van der Waals surface area contributed by atoms with E-state index in [1.54, 1.807) is 7.11 Å². The van der Waals surface area contributed by atoms with Gasteiger partial charge in [-0.3, -0.25) is 9.59 Å². The number of rotatable bonds is 5. The number of aliphatic hydroxyl groups excluding tert-OH is 1. The molecule has 1 atom stereocenters. The Hall–Kier alpha value is -2.28. The van der Waals surface area contributed by atoms with E-state index < -0.39 is 6.10 Å².